The molecule has 3 N–H and O–H groups in total. The number of hydrogen-bond acceptors (Lipinski definition) is 6. The van der Waals surface area contributed by atoms with Crippen LogP contribution in [0.25, 0.3) is 11.2 Å². The van der Waals surface area contributed by atoms with Gasteiger partial charge >= 0.3 is 0 Å². The van der Waals surface area contributed by atoms with Crippen LogP contribution >= 0.6 is 0 Å². The molecule has 3 heterocycles. The minimum absolute atomic E-state index is 0.391. The summed E-state index contributed by atoms with van der Waals surface area (Å²) in [5, 5.41) is 3.98. The average Bonchev–Trinajstić information content (AvgIpc) is 2.88. The number of H-pyrrole nitrogens is 1. The van der Waals surface area contributed by atoms with Gasteiger partial charge in [-0.25, -0.2) is 24.6 Å². The molecule has 0 fully saturated rings. The minimum Gasteiger partial charge on any atom is -0.382 e. The third-order valence-electron chi connectivity index (χ3n) is 2.15. The van der Waals surface area contributed by atoms with Gasteiger partial charge in [-0.2, -0.15) is 5.10 Å². The van der Waals surface area contributed by atoms with Gasteiger partial charge in [-0.15, -0.1) is 0 Å². The third kappa shape index (κ3) is 1.36. The Morgan fingerprint density at radius 2 is 2.25 bits per heavy atom. The highest BCUT2D eigenvalue weighted by molar-refractivity contribution is 5.80. The Bertz CT molecular complexity index is 610. The summed E-state index contributed by atoms with van der Waals surface area (Å²) in [6.07, 6.45) is 4.47. The predicted octanol–water partition coefficient (Wildman–Crippen LogP) is -0.425. The zero-order chi connectivity index (χ0) is 11.0. The number of fused-ring (bicyclic) bond motifs is 1. The van der Waals surface area contributed by atoms with Gasteiger partial charge in [0.25, 0.3) is 0 Å². The SMILES string of the molecule is Nc1ncnc2nc(Cn3cncn3)[nH]c12. The molecule has 3 aromatic rings. The van der Waals surface area contributed by atoms with Crippen molar-refractivity contribution in [3.8, 4) is 0 Å². The minimum atomic E-state index is 0.391. The quantitative estimate of drug-likeness (QED) is 0.601. The number of hydrogen-bond donors (Lipinski definition) is 2. The van der Waals surface area contributed by atoms with E-state index < -0.39 is 0 Å². The summed E-state index contributed by atoms with van der Waals surface area (Å²) in [7, 11) is 0. The molecule has 8 nitrogen and oxygen atoms in total. The fourth-order valence-electron chi connectivity index (χ4n) is 1.44. The maximum absolute atomic E-state index is 5.69. The first-order chi connectivity index (χ1) is 7.83. The number of rotatable bonds is 2. The molecule has 0 atom stereocenters. The molecule has 0 unspecified atom stereocenters. The van der Waals surface area contributed by atoms with Crippen molar-refractivity contribution in [2.24, 2.45) is 0 Å². The van der Waals surface area contributed by atoms with Crippen LogP contribution in [0.5, 0.6) is 0 Å². The van der Waals surface area contributed by atoms with E-state index in [2.05, 4.69) is 30.0 Å². The molecule has 0 aromatic carbocycles. The van der Waals surface area contributed by atoms with Crippen LogP contribution in [0.4, 0.5) is 5.82 Å². The fourth-order valence-corrected chi connectivity index (χ4v) is 1.44. The summed E-state index contributed by atoms with van der Waals surface area (Å²) >= 11 is 0. The number of aromatic nitrogens is 7. The number of nitrogens with two attached hydrogens (primary N) is 1. The summed E-state index contributed by atoms with van der Waals surface area (Å²) in [6.45, 7) is 0.496. The monoisotopic (exact) mass is 216 g/mol. The molecular weight excluding hydrogens is 208 g/mol. The normalized spacial score (nSPS) is 11.0. The zero-order valence-corrected chi connectivity index (χ0v) is 8.20. The molecule has 0 spiro atoms. The van der Waals surface area contributed by atoms with Crippen molar-refractivity contribution in [3.05, 3.63) is 24.8 Å². The smallest absolute Gasteiger partial charge is 0.183 e. The first-order valence-corrected chi connectivity index (χ1v) is 4.60. The Balaban J connectivity index is 2.02. The highest BCUT2D eigenvalue weighted by Gasteiger charge is 2.07. The van der Waals surface area contributed by atoms with Gasteiger partial charge in [0.15, 0.2) is 11.5 Å². The lowest BCUT2D eigenvalue weighted by molar-refractivity contribution is 0.661. The van der Waals surface area contributed by atoms with Crippen LogP contribution in [0.15, 0.2) is 19.0 Å². The van der Waals surface area contributed by atoms with Gasteiger partial charge in [0.2, 0.25) is 0 Å². The lowest BCUT2D eigenvalue weighted by Crippen LogP contribution is -2.01. The van der Waals surface area contributed by atoms with Crippen LogP contribution in [-0.2, 0) is 6.54 Å². The van der Waals surface area contributed by atoms with E-state index in [-0.39, 0.29) is 0 Å². The molecule has 3 aromatic heterocycles. The van der Waals surface area contributed by atoms with E-state index in [0.717, 1.165) is 0 Å². The van der Waals surface area contributed by atoms with E-state index in [0.29, 0.717) is 29.4 Å². The van der Waals surface area contributed by atoms with Crippen molar-refractivity contribution in [2.45, 2.75) is 6.54 Å². The first-order valence-electron chi connectivity index (χ1n) is 4.60. The first kappa shape index (κ1) is 8.77. The van der Waals surface area contributed by atoms with E-state index in [1.807, 2.05) is 0 Å². The summed E-state index contributed by atoms with van der Waals surface area (Å²) in [5.41, 5.74) is 6.89. The van der Waals surface area contributed by atoms with E-state index in [1.165, 1.54) is 12.7 Å². The largest absolute Gasteiger partial charge is 0.382 e. The van der Waals surface area contributed by atoms with Gasteiger partial charge in [0.05, 0.1) is 0 Å². The molecule has 3 rings (SSSR count). The second kappa shape index (κ2) is 3.26. The second-order valence-electron chi connectivity index (χ2n) is 3.23. The molecule has 8 heteroatoms. The predicted molar refractivity (Wildman–Crippen MR) is 55.2 cm³/mol. The van der Waals surface area contributed by atoms with Gasteiger partial charge in [0.1, 0.15) is 36.9 Å². The molecule has 0 aliphatic carbocycles. The Morgan fingerprint density at radius 3 is 3.00 bits per heavy atom. The maximum atomic E-state index is 5.69. The number of nitrogen functional groups attached to an aromatic ring is 1. The lowest BCUT2D eigenvalue weighted by atomic mass is 10.5. The molecular formula is C8H8N8. The van der Waals surface area contributed by atoms with E-state index >= 15 is 0 Å². The van der Waals surface area contributed by atoms with Gasteiger partial charge in [0, 0.05) is 0 Å². The Labute approximate surface area is 89.6 Å². The number of imidazole rings is 1. The highest BCUT2D eigenvalue weighted by atomic mass is 15.3. The molecule has 0 amide bonds. The Hall–Kier alpha value is -2.51. The zero-order valence-electron chi connectivity index (χ0n) is 8.20. The molecule has 0 aliphatic heterocycles. The standard InChI is InChI=1S/C8H8N8/c9-7-6-8(12-3-11-7)15-5(14-6)1-16-4-10-2-13-16/h2-4H,1H2,(H3,9,11,12,14,15). The number of nitrogens with one attached hydrogen (secondary N) is 1. The van der Waals surface area contributed by atoms with Crippen LogP contribution < -0.4 is 5.73 Å². The van der Waals surface area contributed by atoms with Gasteiger partial charge < -0.3 is 10.7 Å². The van der Waals surface area contributed by atoms with Crippen molar-refractivity contribution in [2.75, 3.05) is 5.73 Å². The third-order valence-corrected chi connectivity index (χ3v) is 2.15. The van der Waals surface area contributed by atoms with Crippen molar-refractivity contribution in [1.29, 1.82) is 0 Å². The van der Waals surface area contributed by atoms with Crippen molar-refractivity contribution in [1.82, 2.24) is 34.7 Å². The summed E-state index contributed by atoms with van der Waals surface area (Å²) in [6, 6.07) is 0. The van der Waals surface area contributed by atoms with Crippen LogP contribution in [0, 0.1) is 0 Å². The number of aromatic amines is 1. The lowest BCUT2D eigenvalue weighted by Gasteiger charge is -1.94. The van der Waals surface area contributed by atoms with Crippen molar-refractivity contribution < 1.29 is 0 Å². The van der Waals surface area contributed by atoms with Crippen molar-refractivity contribution in [3.63, 3.8) is 0 Å². The molecule has 0 radical (unpaired) electrons. The number of nitrogens with zero attached hydrogens (tertiary/aromatic N) is 6. The molecule has 0 saturated heterocycles. The highest BCUT2D eigenvalue weighted by Crippen LogP contribution is 2.13. The van der Waals surface area contributed by atoms with Gasteiger partial charge in [-0.1, -0.05) is 0 Å². The molecule has 0 bridgehead atoms. The fraction of sp³-hybridized carbons (Fsp3) is 0.125. The second-order valence-corrected chi connectivity index (χ2v) is 3.23. The Kier molecular flexibility index (Phi) is 1.79. The molecule has 0 saturated carbocycles. The van der Waals surface area contributed by atoms with Gasteiger partial charge in [-0.05, 0) is 0 Å². The van der Waals surface area contributed by atoms with Gasteiger partial charge in [-0.3, -0.25) is 0 Å². The van der Waals surface area contributed by atoms with Crippen LogP contribution in [0.3, 0.4) is 0 Å². The summed E-state index contributed by atoms with van der Waals surface area (Å²) in [4.78, 5) is 19.1. The van der Waals surface area contributed by atoms with Crippen LogP contribution in [-0.4, -0.2) is 34.7 Å². The van der Waals surface area contributed by atoms with E-state index in [4.69, 9.17) is 5.73 Å². The maximum Gasteiger partial charge on any atom is 0.183 e. The topological polar surface area (TPSA) is 111 Å². The van der Waals surface area contributed by atoms with Crippen molar-refractivity contribution >= 4 is 17.0 Å². The van der Waals surface area contributed by atoms with E-state index in [9.17, 15) is 0 Å². The van der Waals surface area contributed by atoms with Crippen LogP contribution in [0.1, 0.15) is 5.82 Å². The molecule has 80 valence electrons. The van der Waals surface area contributed by atoms with Crippen LogP contribution in [0.2, 0.25) is 0 Å². The van der Waals surface area contributed by atoms with E-state index in [1.54, 1.807) is 11.0 Å². The molecule has 0 aliphatic rings. The Morgan fingerprint density at radius 1 is 1.31 bits per heavy atom. The summed E-state index contributed by atoms with van der Waals surface area (Å²) < 4.78 is 1.65. The average molecular weight is 216 g/mol. The summed E-state index contributed by atoms with van der Waals surface area (Å²) in [5.74, 6) is 1.11. The molecule has 16 heavy (non-hydrogen) atoms. The number of anilines is 1.